The van der Waals surface area contributed by atoms with Gasteiger partial charge in [0.1, 0.15) is 42.5 Å². The van der Waals surface area contributed by atoms with Crippen LogP contribution < -0.4 is 24.3 Å². The molecule has 1 unspecified atom stereocenters. The monoisotopic (exact) mass is 413 g/mol. The smallest absolute Gasteiger partial charge is 0.170 e. The van der Waals surface area contributed by atoms with Crippen molar-refractivity contribution in [1.82, 2.24) is 5.32 Å². The molecular weight excluding hydrogens is 386 g/mol. The van der Waals surface area contributed by atoms with Crippen LogP contribution in [0.1, 0.15) is 30.6 Å². The first-order valence-electron chi connectivity index (χ1n) is 10.2. The number of ketones is 1. The quantitative estimate of drug-likeness (QED) is 0.722. The van der Waals surface area contributed by atoms with Gasteiger partial charge >= 0.3 is 0 Å². The van der Waals surface area contributed by atoms with Gasteiger partial charge in [-0.15, -0.1) is 0 Å². The lowest BCUT2D eigenvalue weighted by Crippen LogP contribution is -2.41. The van der Waals surface area contributed by atoms with Crippen molar-refractivity contribution in [3.8, 4) is 23.0 Å². The number of para-hydroxylation sites is 2. The summed E-state index contributed by atoms with van der Waals surface area (Å²) >= 11 is 0. The Kier molecular flexibility index (Phi) is 5.83. The summed E-state index contributed by atoms with van der Waals surface area (Å²) < 4.78 is 23.1. The van der Waals surface area contributed by atoms with E-state index >= 15 is 0 Å². The van der Waals surface area contributed by atoms with Gasteiger partial charge < -0.3 is 29.4 Å². The molecular formula is C23H27NO6. The summed E-state index contributed by atoms with van der Waals surface area (Å²) in [5, 5.41) is 13.4. The molecule has 2 atom stereocenters. The third-order valence-corrected chi connectivity index (χ3v) is 4.99. The van der Waals surface area contributed by atoms with Crippen LogP contribution in [0.4, 0.5) is 0 Å². The molecule has 0 aromatic heterocycles. The average Bonchev–Trinajstić information content (AvgIpc) is 2.71. The van der Waals surface area contributed by atoms with E-state index in [1.165, 1.54) is 0 Å². The number of carbonyl (C=O) groups excluding carboxylic acids is 1. The third kappa shape index (κ3) is 4.86. The van der Waals surface area contributed by atoms with E-state index in [2.05, 4.69) is 5.32 Å². The van der Waals surface area contributed by atoms with E-state index < -0.39 is 11.7 Å². The molecule has 2 aliphatic rings. The normalized spacial score (nSPS) is 20.1. The predicted molar refractivity (Wildman–Crippen MR) is 111 cm³/mol. The molecule has 0 aliphatic carbocycles. The maximum Gasteiger partial charge on any atom is 0.170 e. The average molecular weight is 413 g/mol. The minimum atomic E-state index is -0.697. The summed E-state index contributed by atoms with van der Waals surface area (Å²) in [5.74, 6) is 2.63. The number of Topliss-reactive ketones (excluding diaryl/α,β-unsaturated/α-hetero) is 1. The predicted octanol–water partition coefficient (Wildman–Crippen LogP) is 2.60. The van der Waals surface area contributed by atoms with Gasteiger partial charge in [0, 0.05) is 19.2 Å². The summed E-state index contributed by atoms with van der Waals surface area (Å²) in [7, 11) is 0. The molecule has 0 bridgehead atoms. The van der Waals surface area contributed by atoms with E-state index in [1.807, 2.05) is 38.1 Å². The van der Waals surface area contributed by atoms with Gasteiger partial charge in [-0.1, -0.05) is 12.1 Å². The molecule has 30 heavy (non-hydrogen) atoms. The lowest BCUT2D eigenvalue weighted by molar-refractivity contribution is 0.0613. The zero-order valence-electron chi connectivity index (χ0n) is 17.2. The molecule has 0 saturated heterocycles. The first-order chi connectivity index (χ1) is 14.4. The van der Waals surface area contributed by atoms with Gasteiger partial charge in [-0.25, -0.2) is 0 Å². The number of carbonyl (C=O) groups is 1. The van der Waals surface area contributed by atoms with Crippen molar-refractivity contribution in [2.24, 2.45) is 0 Å². The fourth-order valence-corrected chi connectivity index (χ4v) is 3.55. The standard InChI is InChI=1S/C23H27NO6/c1-23(2)10-19(26)18-8-7-16(9-22(18)30-23)27-13-15(25)11-24-12-17-14-28-20-5-3-4-6-21(20)29-17/h3-9,15,17,24-25H,10-14H2,1-2H3/t15-,17?/m1/s1. The molecule has 2 aliphatic heterocycles. The first kappa shape index (κ1) is 20.5. The number of ether oxygens (including phenoxy) is 4. The molecule has 0 amide bonds. The van der Waals surface area contributed by atoms with Crippen LogP contribution in [0, 0.1) is 0 Å². The van der Waals surface area contributed by atoms with E-state index in [0.717, 1.165) is 11.5 Å². The second kappa shape index (κ2) is 8.53. The van der Waals surface area contributed by atoms with Gasteiger partial charge in [-0.3, -0.25) is 4.79 Å². The number of rotatable bonds is 7. The summed E-state index contributed by atoms with van der Waals surface area (Å²) in [4.78, 5) is 12.2. The summed E-state index contributed by atoms with van der Waals surface area (Å²) in [6.45, 7) is 5.26. The number of fused-ring (bicyclic) bond motifs is 2. The Morgan fingerprint density at radius 3 is 2.83 bits per heavy atom. The van der Waals surface area contributed by atoms with Crippen molar-refractivity contribution in [2.45, 2.75) is 38.1 Å². The highest BCUT2D eigenvalue weighted by Crippen LogP contribution is 2.35. The summed E-state index contributed by atoms with van der Waals surface area (Å²) in [6.07, 6.45) is -0.463. The molecule has 2 heterocycles. The van der Waals surface area contributed by atoms with Gasteiger partial charge in [0.05, 0.1) is 12.0 Å². The van der Waals surface area contributed by atoms with Crippen LogP contribution in [-0.4, -0.2) is 55.0 Å². The zero-order valence-corrected chi connectivity index (χ0v) is 17.2. The maximum atomic E-state index is 12.2. The number of aliphatic hydroxyl groups excluding tert-OH is 1. The Balaban J connectivity index is 1.22. The van der Waals surface area contributed by atoms with E-state index in [-0.39, 0.29) is 18.5 Å². The first-order valence-corrected chi connectivity index (χ1v) is 10.2. The van der Waals surface area contributed by atoms with Crippen molar-refractivity contribution >= 4 is 5.78 Å². The van der Waals surface area contributed by atoms with Gasteiger partial charge in [-0.05, 0) is 38.1 Å². The number of nitrogens with one attached hydrogen (secondary N) is 1. The van der Waals surface area contributed by atoms with Crippen LogP contribution in [0.15, 0.2) is 42.5 Å². The summed E-state index contributed by atoms with van der Waals surface area (Å²) in [5.41, 5.74) is 0.0394. The van der Waals surface area contributed by atoms with Crippen LogP contribution in [0.3, 0.4) is 0 Å². The Labute approximate surface area is 175 Å². The number of hydrogen-bond acceptors (Lipinski definition) is 7. The van der Waals surface area contributed by atoms with Crippen molar-refractivity contribution in [1.29, 1.82) is 0 Å². The lowest BCUT2D eigenvalue weighted by Gasteiger charge is -2.31. The second-order valence-corrected chi connectivity index (χ2v) is 8.24. The largest absolute Gasteiger partial charge is 0.491 e. The molecule has 0 saturated carbocycles. The van der Waals surface area contributed by atoms with Crippen LogP contribution in [-0.2, 0) is 0 Å². The van der Waals surface area contributed by atoms with Crippen molar-refractivity contribution in [3.05, 3.63) is 48.0 Å². The number of aliphatic hydroxyl groups is 1. The fourth-order valence-electron chi connectivity index (χ4n) is 3.55. The molecule has 0 spiro atoms. The Morgan fingerprint density at radius 2 is 2.00 bits per heavy atom. The van der Waals surface area contributed by atoms with E-state index in [4.69, 9.17) is 18.9 Å². The molecule has 2 aromatic rings. The molecule has 2 N–H and O–H groups in total. The Hall–Kier alpha value is -2.77. The Bertz CT molecular complexity index is 912. The molecule has 0 radical (unpaired) electrons. The number of hydrogen-bond donors (Lipinski definition) is 2. The second-order valence-electron chi connectivity index (χ2n) is 8.24. The highest BCUT2D eigenvalue weighted by molar-refractivity contribution is 6.00. The van der Waals surface area contributed by atoms with Gasteiger partial charge in [-0.2, -0.15) is 0 Å². The minimum absolute atomic E-state index is 0.0635. The minimum Gasteiger partial charge on any atom is -0.491 e. The lowest BCUT2D eigenvalue weighted by atomic mass is 9.93. The van der Waals surface area contributed by atoms with Crippen LogP contribution in [0.2, 0.25) is 0 Å². The van der Waals surface area contributed by atoms with Crippen molar-refractivity contribution in [3.63, 3.8) is 0 Å². The van der Waals surface area contributed by atoms with Crippen LogP contribution in [0.5, 0.6) is 23.0 Å². The molecule has 0 fully saturated rings. The highest BCUT2D eigenvalue weighted by atomic mass is 16.6. The number of benzene rings is 2. The molecule has 7 nitrogen and oxygen atoms in total. The maximum absolute atomic E-state index is 12.2. The van der Waals surface area contributed by atoms with E-state index in [9.17, 15) is 9.90 Å². The molecule has 4 rings (SSSR count). The SMILES string of the molecule is CC1(C)CC(=O)c2ccc(OC[C@H](O)CNCC3COc4ccccc4O3)cc2O1. The van der Waals surface area contributed by atoms with E-state index in [1.54, 1.807) is 18.2 Å². The Morgan fingerprint density at radius 1 is 1.20 bits per heavy atom. The van der Waals surface area contributed by atoms with Crippen LogP contribution >= 0.6 is 0 Å². The van der Waals surface area contributed by atoms with E-state index in [0.29, 0.717) is 43.2 Å². The zero-order chi connectivity index (χ0) is 21.1. The topological polar surface area (TPSA) is 86.3 Å². The van der Waals surface area contributed by atoms with Gasteiger partial charge in [0.15, 0.2) is 17.3 Å². The van der Waals surface area contributed by atoms with Crippen molar-refractivity contribution < 1.29 is 28.8 Å². The molecule has 160 valence electrons. The van der Waals surface area contributed by atoms with Crippen LogP contribution in [0.25, 0.3) is 0 Å². The third-order valence-electron chi connectivity index (χ3n) is 4.99. The summed E-state index contributed by atoms with van der Waals surface area (Å²) in [6, 6.07) is 12.7. The van der Waals surface area contributed by atoms with Gasteiger partial charge in [0.2, 0.25) is 0 Å². The van der Waals surface area contributed by atoms with Crippen molar-refractivity contribution in [2.75, 3.05) is 26.3 Å². The molecule has 2 aromatic carbocycles. The molecule has 7 heteroatoms. The van der Waals surface area contributed by atoms with Gasteiger partial charge in [0.25, 0.3) is 0 Å². The fraction of sp³-hybridized carbons (Fsp3) is 0.435. The highest BCUT2D eigenvalue weighted by Gasteiger charge is 2.32.